The van der Waals surface area contributed by atoms with Gasteiger partial charge in [0.25, 0.3) is 5.91 Å². The Balaban J connectivity index is 1.91. The van der Waals surface area contributed by atoms with Crippen LogP contribution in [0.3, 0.4) is 0 Å². The second-order valence-electron chi connectivity index (χ2n) is 5.86. The highest BCUT2D eigenvalue weighted by Crippen LogP contribution is 2.36. The molecule has 1 aromatic carbocycles. The largest absolute Gasteiger partial charge is 0.493 e. The molecule has 0 spiro atoms. The van der Waals surface area contributed by atoms with Crippen molar-refractivity contribution in [1.82, 2.24) is 14.8 Å². The van der Waals surface area contributed by atoms with Crippen LogP contribution in [0.4, 0.5) is 5.13 Å². The minimum absolute atomic E-state index is 0.0957. The number of ether oxygens (including phenoxy) is 2. The number of thiazole rings is 1. The standard InChI is InChI=1S/C17H20N4O3S/c1-9(2)21-12(6-10(3)20-21)16(22)19-17-18-11-7-13(23-4)14(24-5)8-15(11)25-17/h6-9H,1-5H3,(H,18,19,22). The molecule has 0 saturated heterocycles. The molecule has 3 rings (SSSR count). The van der Waals surface area contributed by atoms with Gasteiger partial charge >= 0.3 is 0 Å². The van der Waals surface area contributed by atoms with Crippen molar-refractivity contribution in [2.45, 2.75) is 26.8 Å². The van der Waals surface area contributed by atoms with Gasteiger partial charge in [-0.1, -0.05) is 11.3 Å². The fraction of sp³-hybridized carbons (Fsp3) is 0.353. The first-order valence-corrected chi connectivity index (χ1v) is 8.64. The normalized spacial score (nSPS) is 11.1. The molecular weight excluding hydrogens is 340 g/mol. The molecule has 0 unspecified atom stereocenters. The van der Waals surface area contributed by atoms with Crippen LogP contribution < -0.4 is 14.8 Å². The third-order valence-electron chi connectivity index (χ3n) is 3.69. The van der Waals surface area contributed by atoms with E-state index in [-0.39, 0.29) is 11.9 Å². The van der Waals surface area contributed by atoms with Gasteiger partial charge < -0.3 is 9.47 Å². The van der Waals surface area contributed by atoms with Gasteiger partial charge in [-0.3, -0.25) is 14.8 Å². The Labute approximate surface area is 149 Å². The third-order valence-corrected chi connectivity index (χ3v) is 4.63. The van der Waals surface area contributed by atoms with Crippen molar-refractivity contribution in [3.8, 4) is 11.5 Å². The lowest BCUT2D eigenvalue weighted by Gasteiger charge is -2.09. The Morgan fingerprint density at radius 3 is 2.52 bits per heavy atom. The highest BCUT2D eigenvalue weighted by molar-refractivity contribution is 7.22. The van der Waals surface area contributed by atoms with E-state index in [0.717, 1.165) is 15.9 Å². The van der Waals surface area contributed by atoms with Crippen molar-refractivity contribution in [2.75, 3.05) is 19.5 Å². The van der Waals surface area contributed by atoms with E-state index in [0.29, 0.717) is 22.3 Å². The van der Waals surface area contributed by atoms with Crippen molar-refractivity contribution in [2.24, 2.45) is 0 Å². The van der Waals surface area contributed by atoms with Crippen LogP contribution in [0.5, 0.6) is 11.5 Å². The molecule has 25 heavy (non-hydrogen) atoms. The Morgan fingerprint density at radius 1 is 1.20 bits per heavy atom. The average molecular weight is 360 g/mol. The van der Waals surface area contributed by atoms with Crippen LogP contribution in [-0.4, -0.2) is 34.9 Å². The van der Waals surface area contributed by atoms with Gasteiger partial charge in [0.1, 0.15) is 5.69 Å². The number of carbonyl (C=O) groups excluding carboxylic acids is 1. The zero-order valence-corrected chi connectivity index (χ0v) is 15.6. The van der Waals surface area contributed by atoms with Crippen LogP contribution in [0.25, 0.3) is 10.2 Å². The zero-order chi connectivity index (χ0) is 18.1. The van der Waals surface area contributed by atoms with Gasteiger partial charge in [-0.25, -0.2) is 4.98 Å². The summed E-state index contributed by atoms with van der Waals surface area (Å²) in [5.41, 5.74) is 2.06. The summed E-state index contributed by atoms with van der Waals surface area (Å²) in [6.07, 6.45) is 0. The summed E-state index contributed by atoms with van der Waals surface area (Å²) in [5.74, 6) is 1.00. The number of anilines is 1. The first kappa shape index (κ1) is 17.2. The Hall–Kier alpha value is -2.61. The molecule has 3 aromatic rings. The number of aromatic nitrogens is 3. The van der Waals surface area contributed by atoms with Gasteiger partial charge in [-0.05, 0) is 26.8 Å². The van der Waals surface area contributed by atoms with Gasteiger partial charge in [-0.15, -0.1) is 0 Å². The van der Waals surface area contributed by atoms with Crippen LogP contribution in [0, 0.1) is 6.92 Å². The molecule has 1 amide bonds. The molecule has 1 N–H and O–H groups in total. The molecule has 7 nitrogen and oxygen atoms in total. The molecule has 0 fully saturated rings. The van der Waals surface area contributed by atoms with Crippen LogP contribution in [0.1, 0.15) is 36.1 Å². The molecule has 0 aliphatic carbocycles. The molecular formula is C17H20N4O3S. The number of hydrogen-bond donors (Lipinski definition) is 1. The van der Waals surface area contributed by atoms with Crippen LogP contribution in [-0.2, 0) is 0 Å². The lowest BCUT2D eigenvalue weighted by Crippen LogP contribution is -2.18. The second-order valence-corrected chi connectivity index (χ2v) is 6.89. The Bertz CT molecular complexity index is 889. The molecule has 2 heterocycles. The summed E-state index contributed by atoms with van der Waals surface area (Å²) < 4.78 is 13.2. The summed E-state index contributed by atoms with van der Waals surface area (Å²) in [5, 5.41) is 7.74. The molecule has 0 atom stereocenters. The minimum Gasteiger partial charge on any atom is -0.493 e. The topological polar surface area (TPSA) is 78.3 Å². The van der Waals surface area contributed by atoms with Gasteiger partial charge in [0.2, 0.25) is 0 Å². The summed E-state index contributed by atoms with van der Waals surface area (Å²) in [6, 6.07) is 5.51. The SMILES string of the molecule is COc1cc2nc(NC(=O)c3cc(C)nn3C(C)C)sc2cc1OC. The van der Waals surface area contributed by atoms with Gasteiger partial charge in [0.05, 0.1) is 30.1 Å². The van der Waals surface area contributed by atoms with E-state index in [4.69, 9.17) is 9.47 Å². The number of methoxy groups -OCH3 is 2. The van der Waals surface area contributed by atoms with Crippen molar-refractivity contribution in [3.05, 3.63) is 29.6 Å². The minimum atomic E-state index is -0.229. The summed E-state index contributed by atoms with van der Waals surface area (Å²) in [6.45, 7) is 5.84. The molecule has 8 heteroatoms. The zero-order valence-electron chi connectivity index (χ0n) is 14.8. The molecule has 2 aromatic heterocycles. The highest BCUT2D eigenvalue weighted by Gasteiger charge is 2.18. The lowest BCUT2D eigenvalue weighted by atomic mass is 10.3. The molecule has 0 radical (unpaired) electrons. The number of nitrogens with one attached hydrogen (secondary N) is 1. The molecule has 0 saturated carbocycles. The molecule has 0 bridgehead atoms. The van der Waals surface area contributed by atoms with E-state index in [9.17, 15) is 4.79 Å². The van der Waals surface area contributed by atoms with E-state index < -0.39 is 0 Å². The molecule has 0 aliphatic heterocycles. The fourth-order valence-corrected chi connectivity index (χ4v) is 3.42. The van der Waals surface area contributed by atoms with E-state index in [1.807, 2.05) is 26.8 Å². The smallest absolute Gasteiger partial charge is 0.275 e. The third kappa shape index (κ3) is 3.30. The second kappa shape index (κ2) is 6.72. The van der Waals surface area contributed by atoms with E-state index >= 15 is 0 Å². The predicted molar refractivity (Wildman–Crippen MR) is 98.0 cm³/mol. The average Bonchev–Trinajstić information content (AvgIpc) is 3.15. The highest BCUT2D eigenvalue weighted by atomic mass is 32.1. The molecule has 132 valence electrons. The molecule has 0 aliphatic rings. The Kier molecular flexibility index (Phi) is 4.63. The van der Waals surface area contributed by atoms with Gasteiger partial charge in [0.15, 0.2) is 16.6 Å². The van der Waals surface area contributed by atoms with Gasteiger partial charge in [0, 0.05) is 18.2 Å². The number of benzene rings is 1. The first-order valence-electron chi connectivity index (χ1n) is 7.83. The van der Waals surface area contributed by atoms with Crippen LogP contribution in [0.15, 0.2) is 18.2 Å². The number of rotatable bonds is 5. The number of fused-ring (bicyclic) bond motifs is 1. The van der Waals surface area contributed by atoms with Gasteiger partial charge in [-0.2, -0.15) is 5.10 Å². The first-order chi connectivity index (χ1) is 11.9. The lowest BCUT2D eigenvalue weighted by molar-refractivity contribution is 0.101. The van der Waals surface area contributed by atoms with E-state index in [1.54, 1.807) is 31.0 Å². The fourth-order valence-electron chi connectivity index (χ4n) is 2.55. The summed E-state index contributed by atoms with van der Waals surface area (Å²) in [4.78, 5) is 17.1. The van der Waals surface area contributed by atoms with Crippen LogP contribution >= 0.6 is 11.3 Å². The van der Waals surface area contributed by atoms with E-state index in [1.165, 1.54) is 11.3 Å². The van der Waals surface area contributed by atoms with Crippen molar-refractivity contribution < 1.29 is 14.3 Å². The maximum Gasteiger partial charge on any atom is 0.275 e. The number of hydrogen-bond acceptors (Lipinski definition) is 6. The number of nitrogens with zero attached hydrogens (tertiary/aromatic N) is 3. The number of aryl methyl sites for hydroxylation is 1. The van der Waals surface area contributed by atoms with Crippen LogP contribution in [0.2, 0.25) is 0 Å². The maximum atomic E-state index is 12.6. The summed E-state index contributed by atoms with van der Waals surface area (Å²) >= 11 is 1.38. The maximum absolute atomic E-state index is 12.6. The van der Waals surface area contributed by atoms with Crippen molar-refractivity contribution in [1.29, 1.82) is 0 Å². The van der Waals surface area contributed by atoms with Crippen molar-refractivity contribution in [3.63, 3.8) is 0 Å². The summed E-state index contributed by atoms with van der Waals surface area (Å²) in [7, 11) is 3.16. The number of carbonyl (C=O) groups is 1. The van der Waals surface area contributed by atoms with E-state index in [2.05, 4.69) is 15.4 Å². The number of amides is 1. The monoisotopic (exact) mass is 360 g/mol. The Morgan fingerprint density at radius 2 is 1.88 bits per heavy atom. The van der Waals surface area contributed by atoms with Crippen molar-refractivity contribution >= 4 is 32.6 Å². The quantitative estimate of drug-likeness (QED) is 0.751. The predicted octanol–water partition coefficient (Wildman–Crippen LogP) is 3.65.